The van der Waals surface area contributed by atoms with Crippen LogP contribution in [0, 0.1) is 83.1 Å². The predicted molar refractivity (Wildman–Crippen MR) is 101 cm³/mol. The average molecular weight is 400 g/mol. The maximum atomic E-state index is 4.13. The van der Waals surface area contributed by atoms with Crippen LogP contribution in [0.15, 0.2) is 5.57 Å². The van der Waals surface area contributed by atoms with E-state index in [1.165, 1.54) is 56.9 Å². The number of rotatable bonds is 5. The molecule has 3 rings (SSSR count). The van der Waals surface area contributed by atoms with Gasteiger partial charge in [-0.1, -0.05) is 51.9 Å². The van der Waals surface area contributed by atoms with Gasteiger partial charge in [-0.25, -0.2) is 0 Å². The second kappa shape index (κ2) is 18.4. The number of hydrogen-bond acceptors (Lipinski definition) is 0. The third-order valence-electron chi connectivity index (χ3n) is 3.99. The maximum Gasteiger partial charge on any atom is 2.00 e. The molecule has 3 aliphatic carbocycles. The summed E-state index contributed by atoms with van der Waals surface area (Å²) in [5, 5.41) is 0. The van der Waals surface area contributed by atoms with Crippen molar-refractivity contribution in [3.05, 3.63) is 82.8 Å². The quantitative estimate of drug-likeness (QED) is 0.372. The van der Waals surface area contributed by atoms with Crippen molar-refractivity contribution in [1.82, 2.24) is 0 Å². The van der Waals surface area contributed by atoms with Crippen LogP contribution in [0.25, 0.3) is 0 Å². The third kappa shape index (κ3) is 13.9. The van der Waals surface area contributed by atoms with Crippen molar-refractivity contribution in [3.63, 3.8) is 0 Å². The Labute approximate surface area is 172 Å². The fourth-order valence-corrected chi connectivity index (χ4v) is 2.59. The second-order valence-electron chi connectivity index (χ2n) is 6.03. The van der Waals surface area contributed by atoms with Gasteiger partial charge in [0.15, 0.2) is 0 Å². The molecule has 0 N–H and O–H groups in total. The van der Waals surface area contributed by atoms with E-state index in [0.29, 0.717) is 5.92 Å². The monoisotopic (exact) mass is 398 g/mol. The molecule has 0 heterocycles. The summed E-state index contributed by atoms with van der Waals surface area (Å²) in [7, 11) is 0. The Bertz CT molecular complexity index is 249. The number of allylic oxidation sites excluding steroid dienone is 2. The van der Waals surface area contributed by atoms with Gasteiger partial charge >= 0.3 is 26.2 Å². The van der Waals surface area contributed by atoms with Crippen LogP contribution in [0.5, 0.6) is 0 Å². The van der Waals surface area contributed by atoms with Crippen LogP contribution in [0.2, 0.25) is 0 Å². The summed E-state index contributed by atoms with van der Waals surface area (Å²) in [4.78, 5) is 0. The summed E-state index contributed by atoms with van der Waals surface area (Å²) in [6.07, 6.45) is 34.0. The Morgan fingerprint density at radius 1 is 0.875 bits per heavy atom. The summed E-state index contributed by atoms with van der Waals surface area (Å²) in [6, 6.07) is 0. The minimum atomic E-state index is 0. The summed E-state index contributed by atoms with van der Waals surface area (Å²) >= 11 is 0. The Morgan fingerprint density at radius 3 is 1.75 bits per heavy atom. The molecule has 1 atom stereocenters. The molecule has 0 amide bonds. The molecule has 3 aliphatic rings. The zero-order valence-corrected chi connectivity index (χ0v) is 17.7. The summed E-state index contributed by atoms with van der Waals surface area (Å²) in [6.45, 7) is 6.39. The Balaban J connectivity index is 0.000000393. The first kappa shape index (κ1) is 24.6. The second-order valence-corrected chi connectivity index (χ2v) is 6.03. The van der Waals surface area contributed by atoms with Gasteiger partial charge < -0.3 is 13.0 Å². The van der Waals surface area contributed by atoms with Crippen LogP contribution in [0.4, 0.5) is 0 Å². The van der Waals surface area contributed by atoms with Crippen LogP contribution in [0.3, 0.4) is 0 Å². The predicted octanol–water partition coefficient (Wildman–Crippen LogP) is 6.36. The van der Waals surface area contributed by atoms with Crippen molar-refractivity contribution < 1.29 is 26.2 Å². The van der Waals surface area contributed by atoms with Gasteiger partial charge in [0.1, 0.15) is 0 Å². The molecule has 3 fully saturated rings. The van der Waals surface area contributed by atoms with E-state index in [1.54, 1.807) is 0 Å². The minimum Gasteiger partial charge on any atom is -0.499 e. The van der Waals surface area contributed by atoms with Gasteiger partial charge in [0.2, 0.25) is 0 Å². The maximum absolute atomic E-state index is 4.13. The molecule has 1 unspecified atom stereocenters. The van der Waals surface area contributed by atoms with Crippen molar-refractivity contribution >= 4 is 0 Å². The molecule has 0 aromatic heterocycles. The van der Waals surface area contributed by atoms with Gasteiger partial charge in [-0.2, -0.15) is 12.3 Å². The summed E-state index contributed by atoms with van der Waals surface area (Å²) < 4.78 is 0. The summed E-state index contributed by atoms with van der Waals surface area (Å²) in [5.41, 5.74) is 1.51. The van der Waals surface area contributed by atoms with Gasteiger partial charge in [-0.05, 0) is 64.2 Å². The Hall–Kier alpha value is 0.623. The molecule has 128 valence electrons. The van der Waals surface area contributed by atoms with Crippen LogP contribution >= 0.6 is 0 Å². The van der Waals surface area contributed by atoms with E-state index >= 15 is 0 Å². The van der Waals surface area contributed by atoms with Crippen LogP contribution < -0.4 is 0 Å². The molecule has 0 aromatic rings. The Morgan fingerprint density at radius 2 is 1.38 bits per heavy atom. The fraction of sp³-hybridized carbons (Fsp3) is 0.435. The molecule has 3 saturated carbocycles. The van der Waals surface area contributed by atoms with E-state index in [0.717, 1.165) is 0 Å². The van der Waals surface area contributed by atoms with Crippen molar-refractivity contribution in [1.29, 1.82) is 0 Å². The SMILES string of the molecule is [CH2-]C1CCCC1=[C-]CCCCCC.[CH]1[CH][CH][CH][CH]1.[CH]1[CH][CH][CH][CH]1.[Zr+2]. The average Bonchev–Trinajstić information content (AvgIpc) is 3.34. The molecular weight excluding hydrogens is 367 g/mol. The van der Waals surface area contributed by atoms with Gasteiger partial charge in [0.25, 0.3) is 0 Å². The van der Waals surface area contributed by atoms with E-state index in [1.807, 2.05) is 64.2 Å². The number of unbranched alkanes of at least 4 members (excludes halogenated alkanes) is 4. The van der Waals surface area contributed by atoms with Gasteiger partial charge in [-0.3, -0.25) is 5.57 Å². The smallest absolute Gasteiger partial charge is 0.499 e. The first-order chi connectivity index (χ1) is 11.3. The molecule has 0 saturated heterocycles. The molecule has 0 spiro atoms. The molecule has 0 aromatic carbocycles. The van der Waals surface area contributed by atoms with Crippen LogP contribution in [-0.4, -0.2) is 0 Å². The van der Waals surface area contributed by atoms with Crippen molar-refractivity contribution in [2.45, 2.75) is 58.3 Å². The molecule has 1 heteroatoms. The minimum absolute atomic E-state index is 0. The first-order valence-electron chi connectivity index (χ1n) is 9.10. The zero-order valence-electron chi connectivity index (χ0n) is 15.2. The Kier molecular flexibility index (Phi) is 18.9. The normalized spacial score (nSPS) is 23.9. The molecular formula is C23H32Zr. The van der Waals surface area contributed by atoms with Crippen molar-refractivity contribution in [2.75, 3.05) is 0 Å². The molecule has 0 aliphatic heterocycles. The van der Waals surface area contributed by atoms with Gasteiger partial charge in [0.05, 0.1) is 0 Å². The van der Waals surface area contributed by atoms with E-state index in [9.17, 15) is 0 Å². The van der Waals surface area contributed by atoms with E-state index < -0.39 is 0 Å². The molecule has 10 radical (unpaired) electrons. The largest absolute Gasteiger partial charge is 2.00 e. The van der Waals surface area contributed by atoms with Gasteiger partial charge in [-0.15, -0.1) is 0 Å². The van der Waals surface area contributed by atoms with E-state index in [-0.39, 0.29) is 26.2 Å². The van der Waals surface area contributed by atoms with Gasteiger partial charge in [0, 0.05) is 0 Å². The standard InChI is InChI=1S/C13H22.2C5H5.Zr/c1-3-4-5-6-7-10-13-11-8-9-12(13)2;2*1-2-4-5-3-1;/h12H,2-9,11H2,1H3;2*1-5H;/q-2;;;+2. The third-order valence-corrected chi connectivity index (χ3v) is 3.99. The number of hydrogen-bond donors (Lipinski definition) is 0. The van der Waals surface area contributed by atoms with E-state index in [4.69, 9.17) is 0 Å². The van der Waals surface area contributed by atoms with Crippen molar-refractivity contribution in [3.8, 4) is 0 Å². The topological polar surface area (TPSA) is 0 Å². The van der Waals surface area contributed by atoms with Crippen LogP contribution in [0.1, 0.15) is 58.3 Å². The fourth-order valence-electron chi connectivity index (χ4n) is 2.59. The zero-order chi connectivity index (χ0) is 16.6. The van der Waals surface area contributed by atoms with E-state index in [2.05, 4.69) is 19.9 Å². The molecule has 0 nitrogen and oxygen atoms in total. The molecule has 24 heavy (non-hydrogen) atoms. The molecule has 0 bridgehead atoms. The van der Waals surface area contributed by atoms with Crippen LogP contribution in [-0.2, 0) is 26.2 Å². The van der Waals surface area contributed by atoms with Crippen molar-refractivity contribution in [2.24, 2.45) is 5.92 Å². The first-order valence-corrected chi connectivity index (χ1v) is 9.10. The summed E-state index contributed by atoms with van der Waals surface area (Å²) in [5.74, 6) is 0.589.